The molecule has 2 amide bonds. The molecule has 1 heterocycles. The molecule has 28 heavy (non-hydrogen) atoms. The highest BCUT2D eigenvalue weighted by Gasteiger charge is 2.30. The molecule has 1 fully saturated rings. The molecule has 3 rings (SSSR count). The quantitative estimate of drug-likeness (QED) is 0.832. The van der Waals surface area contributed by atoms with Crippen molar-refractivity contribution < 1.29 is 14.0 Å². The Labute approximate surface area is 164 Å². The number of carbonyl (C=O) groups excluding carboxylic acids is 2. The first kappa shape index (κ1) is 20.0. The first-order valence-electron chi connectivity index (χ1n) is 9.61. The summed E-state index contributed by atoms with van der Waals surface area (Å²) in [5, 5.41) is 0. The van der Waals surface area contributed by atoms with Crippen LogP contribution in [0.2, 0.25) is 0 Å². The molecule has 5 nitrogen and oxygen atoms in total. The van der Waals surface area contributed by atoms with Gasteiger partial charge in [0.2, 0.25) is 11.8 Å². The summed E-state index contributed by atoms with van der Waals surface area (Å²) in [6, 6.07) is 14.3. The molecule has 2 aromatic carbocycles. The van der Waals surface area contributed by atoms with Crippen LogP contribution in [0, 0.1) is 11.7 Å². The average Bonchev–Trinajstić information content (AvgIpc) is 2.81. The predicted octanol–water partition coefficient (Wildman–Crippen LogP) is 2.30. The number of benzene rings is 2. The van der Waals surface area contributed by atoms with Crippen LogP contribution in [0.5, 0.6) is 0 Å². The lowest BCUT2D eigenvalue weighted by Crippen LogP contribution is -2.38. The normalized spacial score (nSPS) is 18.1. The van der Waals surface area contributed by atoms with Crippen molar-refractivity contribution in [3.8, 4) is 11.1 Å². The minimum atomic E-state index is -0.384. The van der Waals surface area contributed by atoms with E-state index in [0.29, 0.717) is 38.2 Å². The zero-order valence-corrected chi connectivity index (χ0v) is 16.1. The molecule has 1 saturated heterocycles. The molecule has 0 aliphatic carbocycles. The second-order valence-corrected chi connectivity index (χ2v) is 7.20. The van der Waals surface area contributed by atoms with Gasteiger partial charge in [-0.15, -0.1) is 0 Å². The highest BCUT2D eigenvalue weighted by Crippen LogP contribution is 2.24. The summed E-state index contributed by atoms with van der Waals surface area (Å²) in [4.78, 5) is 28.0. The highest BCUT2D eigenvalue weighted by molar-refractivity contribution is 5.80. The van der Waals surface area contributed by atoms with Crippen molar-refractivity contribution in [1.82, 2.24) is 9.80 Å². The fourth-order valence-corrected chi connectivity index (χ4v) is 3.74. The van der Waals surface area contributed by atoms with Gasteiger partial charge in [-0.1, -0.05) is 42.5 Å². The lowest BCUT2D eigenvalue weighted by atomic mass is 9.95. The zero-order valence-electron chi connectivity index (χ0n) is 16.1. The van der Waals surface area contributed by atoms with Crippen molar-refractivity contribution in [2.45, 2.75) is 13.3 Å². The summed E-state index contributed by atoms with van der Waals surface area (Å²) in [6.07, 6.45) is 0.572. The van der Waals surface area contributed by atoms with Gasteiger partial charge in [-0.2, -0.15) is 0 Å². The molecule has 1 aliphatic heterocycles. The Morgan fingerprint density at radius 1 is 1.14 bits per heavy atom. The van der Waals surface area contributed by atoms with Gasteiger partial charge in [0.05, 0.1) is 12.5 Å². The van der Waals surface area contributed by atoms with Gasteiger partial charge in [0.15, 0.2) is 0 Å². The Morgan fingerprint density at radius 2 is 1.86 bits per heavy atom. The number of likely N-dealkylation sites (N-methyl/N-ethyl adjacent to an activating group) is 1. The van der Waals surface area contributed by atoms with E-state index < -0.39 is 0 Å². The Morgan fingerprint density at radius 3 is 2.50 bits per heavy atom. The SMILES string of the molecule is CCN1CCN(CC(N)=O)CC(Cc2ccc(-c3ccccc3F)cc2)C1=O. The smallest absolute Gasteiger partial charge is 0.231 e. The molecule has 148 valence electrons. The third-order valence-electron chi connectivity index (χ3n) is 5.21. The number of nitrogens with zero attached hydrogens (tertiary/aromatic N) is 2. The molecule has 0 saturated carbocycles. The highest BCUT2D eigenvalue weighted by atomic mass is 19.1. The van der Waals surface area contributed by atoms with E-state index in [9.17, 15) is 14.0 Å². The molecule has 2 N–H and O–H groups in total. The number of rotatable bonds is 6. The molecule has 2 aromatic rings. The van der Waals surface area contributed by atoms with Gasteiger partial charge in [0.1, 0.15) is 5.82 Å². The second-order valence-electron chi connectivity index (χ2n) is 7.20. The molecular formula is C22H26FN3O2. The topological polar surface area (TPSA) is 66.6 Å². The third kappa shape index (κ3) is 4.75. The number of hydrogen-bond acceptors (Lipinski definition) is 3. The summed E-state index contributed by atoms with van der Waals surface area (Å²) in [7, 11) is 0. The van der Waals surface area contributed by atoms with Crippen LogP contribution < -0.4 is 5.73 Å². The van der Waals surface area contributed by atoms with Crippen LogP contribution in [0.1, 0.15) is 12.5 Å². The number of hydrogen-bond donors (Lipinski definition) is 1. The minimum absolute atomic E-state index is 0.104. The Kier molecular flexibility index (Phi) is 6.41. The molecule has 0 spiro atoms. The van der Waals surface area contributed by atoms with Gasteiger partial charge >= 0.3 is 0 Å². The maximum Gasteiger partial charge on any atom is 0.231 e. The molecule has 1 unspecified atom stereocenters. The fraction of sp³-hybridized carbons (Fsp3) is 0.364. The van der Waals surface area contributed by atoms with Crippen LogP contribution >= 0.6 is 0 Å². The van der Waals surface area contributed by atoms with Crippen LogP contribution in [0.25, 0.3) is 11.1 Å². The number of amides is 2. The first-order valence-corrected chi connectivity index (χ1v) is 9.61. The van der Waals surface area contributed by atoms with E-state index in [4.69, 9.17) is 5.73 Å². The lowest BCUT2D eigenvalue weighted by Gasteiger charge is -2.23. The van der Waals surface area contributed by atoms with Crippen LogP contribution in [-0.4, -0.2) is 54.3 Å². The summed E-state index contributed by atoms with van der Waals surface area (Å²) >= 11 is 0. The summed E-state index contributed by atoms with van der Waals surface area (Å²) in [6.45, 7) is 4.52. The van der Waals surface area contributed by atoms with Crippen molar-refractivity contribution in [2.24, 2.45) is 11.7 Å². The van der Waals surface area contributed by atoms with Crippen LogP contribution in [0.4, 0.5) is 4.39 Å². The number of primary amides is 1. The second kappa shape index (κ2) is 8.97. The predicted molar refractivity (Wildman–Crippen MR) is 107 cm³/mol. The van der Waals surface area contributed by atoms with Gasteiger partial charge in [-0.05, 0) is 30.5 Å². The maximum atomic E-state index is 14.0. The molecule has 0 bridgehead atoms. The van der Waals surface area contributed by atoms with Gasteiger partial charge < -0.3 is 10.6 Å². The first-order chi connectivity index (χ1) is 13.5. The fourth-order valence-electron chi connectivity index (χ4n) is 3.74. The molecule has 1 atom stereocenters. The van der Waals surface area contributed by atoms with Crippen LogP contribution in [-0.2, 0) is 16.0 Å². The van der Waals surface area contributed by atoms with Gasteiger partial charge in [-0.3, -0.25) is 14.5 Å². The van der Waals surface area contributed by atoms with E-state index in [-0.39, 0.29) is 30.1 Å². The van der Waals surface area contributed by atoms with Gasteiger partial charge in [0.25, 0.3) is 0 Å². The Hall–Kier alpha value is -2.73. The largest absolute Gasteiger partial charge is 0.369 e. The molecular weight excluding hydrogens is 357 g/mol. The molecule has 6 heteroatoms. The van der Waals surface area contributed by atoms with Gasteiger partial charge in [-0.25, -0.2) is 4.39 Å². The standard InChI is InChI=1S/C22H26FN3O2/c1-2-26-12-11-25(15-21(24)27)14-18(22(26)28)13-16-7-9-17(10-8-16)19-5-3-4-6-20(19)23/h3-10,18H,2,11-15H2,1H3,(H2,24,27). The molecule has 0 aromatic heterocycles. The van der Waals surface area contributed by atoms with E-state index in [2.05, 4.69) is 0 Å². The summed E-state index contributed by atoms with van der Waals surface area (Å²) in [5.41, 5.74) is 7.72. The minimum Gasteiger partial charge on any atom is -0.369 e. The van der Waals surface area contributed by atoms with Gasteiger partial charge in [0, 0.05) is 31.7 Å². The van der Waals surface area contributed by atoms with Crippen molar-refractivity contribution >= 4 is 11.8 Å². The number of carbonyl (C=O) groups is 2. The average molecular weight is 383 g/mol. The van der Waals surface area contributed by atoms with Crippen LogP contribution in [0.15, 0.2) is 48.5 Å². The zero-order chi connectivity index (χ0) is 20.1. The van der Waals surface area contributed by atoms with E-state index in [1.807, 2.05) is 47.1 Å². The van der Waals surface area contributed by atoms with E-state index in [1.54, 1.807) is 12.1 Å². The summed E-state index contributed by atoms with van der Waals surface area (Å²) in [5.74, 6) is -0.769. The number of halogens is 1. The van der Waals surface area contributed by atoms with E-state index in [0.717, 1.165) is 11.1 Å². The summed E-state index contributed by atoms with van der Waals surface area (Å²) < 4.78 is 14.0. The van der Waals surface area contributed by atoms with Crippen LogP contribution in [0.3, 0.4) is 0 Å². The van der Waals surface area contributed by atoms with E-state index in [1.165, 1.54) is 6.07 Å². The van der Waals surface area contributed by atoms with Crippen molar-refractivity contribution in [2.75, 3.05) is 32.7 Å². The lowest BCUT2D eigenvalue weighted by molar-refractivity contribution is -0.134. The number of nitrogens with two attached hydrogens (primary N) is 1. The Balaban J connectivity index is 1.76. The van der Waals surface area contributed by atoms with E-state index >= 15 is 0 Å². The maximum absolute atomic E-state index is 14.0. The Bertz CT molecular complexity index is 838. The van der Waals surface area contributed by atoms with Crippen molar-refractivity contribution in [1.29, 1.82) is 0 Å². The molecule has 0 radical (unpaired) electrons. The molecule has 1 aliphatic rings. The third-order valence-corrected chi connectivity index (χ3v) is 5.21. The monoisotopic (exact) mass is 383 g/mol. The van der Waals surface area contributed by atoms with Crippen molar-refractivity contribution in [3.05, 3.63) is 59.9 Å². The van der Waals surface area contributed by atoms with Crippen molar-refractivity contribution in [3.63, 3.8) is 0 Å².